The molecule has 110 valence electrons. The molecule has 0 saturated carbocycles. The number of ether oxygens (including phenoxy) is 2. The van der Waals surface area contributed by atoms with Gasteiger partial charge in [-0.2, -0.15) is 0 Å². The molecule has 1 fully saturated rings. The van der Waals surface area contributed by atoms with Crippen molar-refractivity contribution in [1.29, 1.82) is 0 Å². The molecule has 7 nitrogen and oxygen atoms in total. The molecule has 1 heterocycles. The number of hydrogen-bond donors (Lipinski definition) is 1. The molecule has 1 aromatic carbocycles. The first-order chi connectivity index (χ1) is 9.66. The number of rotatable bonds is 6. The van der Waals surface area contributed by atoms with Gasteiger partial charge in [-0.1, -0.05) is 12.1 Å². The molecule has 20 heavy (non-hydrogen) atoms. The minimum absolute atomic E-state index is 0.0300. The van der Waals surface area contributed by atoms with Gasteiger partial charge in [-0.25, -0.2) is 0 Å². The van der Waals surface area contributed by atoms with Crippen LogP contribution >= 0.6 is 0 Å². The largest absolute Gasteiger partial charge is 0.484 e. The van der Waals surface area contributed by atoms with Crippen LogP contribution in [-0.2, 0) is 4.74 Å². The van der Waals surface area contributed by atoms with Gasteiger partial charge >= 0.3 is 5.69 Å². The van der Waals surface area contributed by atoms with Crippen LogP contribution in [0.25, 0.3) is 0 Å². The van der Waals surface area contributed by atoms with Crippen molar-refractivity contribution in [1.82, 2.24) is 4.90 Å². The summed E-state index contributed by atoms with van der Waals surface area (Å²) in [5.74, 6) is 0.179. The monoisotopic (exact) mass is 282 g/mol. The van der Waals surface area contributed by atoms with E-state index in [4.69, 9.17) is 9.47 Å². The van der Waals surface area contributed by atoms with Crippen LogP contribution < -0.4 is 4.74 Å². The first-order valence-corrected chi connectivity index (χ1v) is 6.51. The van der Waals surface area contributed by atoms with Gasteiger partial charge < -0.3 is 14.6 Å². The number of nitro groups is 1. The Hall–Kier alpha value is -1.70. The van der Waals surface area contributed by atoms with Crippen molar-refractivity contribution in [2.75, 3.05) is 39.5 Å². The summed E-state index contributed by atoms with van der Waals surface area (Å²) in [7, 11) is 0. The standard InChI is InChI=1S/C13H18N2O5/c16-11(9-14-5-7-19-8-6-14)10-20-13-4-2-1-3-12(13)15(17)18/h1-4,11,16H,5-10H2. The first-order valence-electron chi connectivity index (χ1n) is 6.51. The van der Waals surface area contributed by atoms with Crippen LogP contribution in [0.4, 0.5) is 5.69 Å². The Morgan fingerprint density at radius 2 is 2.10 bits per heavy atom. The maximum atomic E-state index is 10.8. The third kappa shape index (κ3) is 4.16. The number of nitrogens with zero attached hydrogens (tertiary/aromatic N) is 2. The summed E-state index contributed by atoms with van der Waals surface area (Å²) in [5, 5.41) is 20.7. The third-order valence-corrected chi connectivity index (χ3v) is 3.07. The Labute approximate surface area is 116 Å². The van der Waals surface area contributed by atoms with E-state index in [1.807, 2.05) is 0 Å². The lowest BCUT2D eigenvalue weighted by atomic mass is 10.3. The summed E-state index contributed by atoms with van der Waals surface area (Å²) in [6.07, 6.45) is -0.687. The van der Waals surface area contributed by atoms with Crippen LogP contribution in [0.1, 0.15) is 0 Å². The molecule has 2 rings (SSSR count). The average Bonchev–Trinajstić information content (AvgIpc) is 2.46. The zero-order valence-corrected chi connectivity index (χ0v) is 11.1. The zero-order valence-electron chi connectivity index (χ0n) is 11.1. The molecule has 0 aromatic heterocycles. The molecular formula is C13H18N2O5. The predicted octanol–water partition coefficient (Wildman–Crippen LogP) is 0.667. The SMILES string of the molecule is O=[N+]([O-])c1ccccc1OCC(O)CN1CCOCC1. The van der Waals surface area contributed by atoms with Gasteiger partial charge in [-0.3, -0.25) is 15.0 Å². The molecule has 1 aliphatic rings. The molecule has 1 unspecified atom stereocenters. The summed E-state index contributed by atoms with van der Waals surface area (Å²) >= 11 is 0. The Balaban J connectivity index is 1.83. The topological polar surface area (TPSA) is 85.1 Å². The van der Waals surface area contributed by atoms with Gasteiger partial charge in [-0.05, 0) is 6.07 Å². The lowest BCUT2D eigenvalue weighted by molar-refractivity contribution is -0.385. The van der Waals surface area contributed by atoms with Crippen LogP contribution in [0.3, 0.4) is 0 Å². The maximum absolute atomic E-state index is 10.8. The van der Waals surface area contributed by atoms with E-state index in [0.29, 0.717) is 19.8 Å². The quantitative estimate of drug-likeness (QED) is 0.609. The number of morpholine rings is 1. The summed E-state index contributed by atoms with van der Waals surface area (Å²) < 4.78 is 10.6. The molecule has 1 aliphatic heterocycles. The minimum Gasteiger partial charge on any atom is -0.484 e. The van der Waals surface area contributed by atoms with Gasteiger partial charge in [-0.15, -0.1) is 0 Å². The molecule has 1 atom stereocenters. The van der Waals surface area contributed by atoms with Crippen molar-refractivity contribution in [3.63, 3.8) is 0 Å². The van der Waals surface area contributed by atoms with Gasteiger partial charge in [0.2, 0.25) is 0 Å². The van der Waals surface area contributed by atoms with Crippen LogP contribution in [-0.4, -0.2) is 60.5 Å². The first kappa shape index (κ1) is 14.7. The number of nitro benzene ring substituents is 1. The number of β-amino-alcohol motifs (C(OH)–C–C–N with tert-alkyl or cyclic N) is 1. The highest BCUT2D eigenvalue weighted by Crippen LogP contribution is 2.25. The highest BCUT2D eigenvalue weighted by molar-refractivity contribution is 5.45. The summed E-state index contributed by atoms with van der Waals surface area (Å²) in [4.78, 5) is 12.4. The lowest BCUT2D eigenvalue weighted by Crippen LogP contribution is -2.42. The molecular weight excluding hydrogens is 264 g/mol. The van der Waals surface area contributed by atoms with E-state index in [9.17, 15) is 15.2 Å². The van der Waals surface area contributed by atoms with E-state index in [2.05, 4.69) is 4.90 Å². The van der Waals surface area contributed by atoms with Crippen molar-refractivity contribution in [2.45, 2.75) is 6.10 Å². The second kappa shape index (κ2) is 7.18. The molecule has 0 radical (unpaired) electrons. The number of benzene rings is 1. The van der Waals surface area contributed by atoms with Gasteiger partial charge in [0, 0.05) is 25.7 Å². The van der Waals surface area contributed by atoms with Crippen LogP contribution in [0.5, 0.6) is 5.75 Å². The molecule has 1 aromatic rings. The summed E-state index contributed by atoms with van der Waals surface area (Å²) in [5.41, 5.74) is -0.0916. The third-order valence-electron chi connectivity index (χ3n) is 3.07. The van der Waals surface area contributed by atoms with Crippen molar-refractivity contribution >= 4 is 5.69 Å². The van der Waals surface area contributed by atoms with Crippen molar-refractivity contribution < 1.29 is 19.5 Å². The number of aliphatic hydroxyl groups excluding tert-OH is 1. The van der Waals surface area contributed by atoms with E-state index in [1.54, 1.807) is 12.1 Å². The molecule has 0 bridgehead atoms. The maximum Gasteiger partial charge on any atom is 0.310 e. The number of aliphatic hydroxyl groups is 1. The summed E-state index contributed by atoms with van der Waals surface area (Å²) in [6, 6.07) is 6.15. The molecule has 0 amide bonds. The predicted molar refractivity (Wildman–Crippen MR) is 71.9 cm³/mol. The minimum atomic E-state index is -0.687. The fourth-order valence-corrected chi connectivity index (χ4v) is 2.05. The fourth-order valence-electron chi connectivity index (χ4n) is 2.05. The van der Waals surface area contributed by atoms with Crippen LogP contribution in [0, 0.1) is 10.1 Å². The van der Waals surface area contributed by atoms with Crippen molar-refractivity contribution in [2.24, 2.45) is 0 Å². The molecule has 0 spiro atoms. The van der Waals surface area contributed by atoms with Gasteiger partial charge in [0.05, 0.1) is 18.1 Å². The van der Waals surface area contributed by atoms with Gasteiger partial charge in [0.25, 0.3) is 0 Å². The normalized spacial score (nSPS) is 17.6. The Kier molecular flexibility index (Phi) is 5.28. The van der Waals surface area contributed by atoms with E-state index >= 15 is 0 Å². The van der Waals surface area contributed by atoms with Crippen molar-refractivity contribution in [3.8, 4) is 5.75 Å². The van der Waals surface area contributed by atoms with E-state index in [-0.39, 0.29) is 18.0 Å². The van der Waals surface area contributed by atoms with Crippen molar-refractivity contribution in [3.05, 3.63) is 34.4 Å². The average molecular weight is 282 g/mol. The van der Waals surface area contributed by atoms with E-state index < -0.39 is 11.0 Å². The second-order valence-electron chi connectivity index (χ2n) is 4.60. The lowest BCUT2D eigenvalue weighted by Gasteiger charge is -2.28. The second-order valence-corrected chi connectivity index (χ2v) is 4.60. The molecule has 1 saturated heterocycles. The Morgan fingerprint density at radius 1 is 1.40 bits per heavy atom. The Bertz CT molecular complexity index is 448. The van der Waals surface area contributed by atoms with E-state index in [1.165, 1.54) is 12.1 Å². The smallest absolute Gasteiger partial charge is 0.310 e. The zero-order chi connectivity index (χ0) is 14.4. The molecule has 0 aliphatic carbocycles. The number of hydrogen-bond acceptors (Lipinski definition) is 6. The fraction of sp³-hybridized carbons (Fsp3) is 0.538. The highest BCUT2D eigenvalue weighted by Gasteiger charge is 2.18. The highest BCUT2D eigenvalue weighted by atomic mass is 16.6. The van der Waals surface area contributed by atoms with Crippen LogP contribution in [0.2, 0.25) is 0 Å². The molecule has 1 N–H and O–H groups in total. The van der Waals surface area contributed by atoms with Crippen LogP contribution in [0.15, 0.2) is 24.3 Å². The van der Waals surface area contributed by atoms with Gasteiger partial charge in [0.1, 0.15) is 12.7 Å². The van der Waals surface area contributed by atoms with E-state index in [0.717, 1.165) is 13.1 Å². The molecule has 7 heteroatoms. The van der Waals surface area contributed by atoms with Gasteiger partial charge in [0.15, 0.2) is 5.75 Å². The summed E-state index contributed by atoms with van der Waals surface area (Å²) in [6.45, 7) is 3.40. The Morgan fingerprint density at radius 3 is 2.80 bits per heavy atom. The number of para-hydroxylation sites is 2.